The van der Waals surface area contributed by atoms with Crippen LogP contribution in [0.2, 0.25) is 0 Å². The molecule has 0 unspecified atom stereocenters. The number of carbonyl (C=O) groups excluding carboxylic acids is 1. The molecule has 4 fully saturated rings. The first-order valence-electron chi connectivity index (χ1n) is 7.60. The van der Waals surface area contributed by atoms with Crippen LogP contribution in [0.15, 0.2) is 24.4 Å². The molecule has 4 aliphatic carbocycles. The van der Waals surface area contributed by atoms with Crippen molar-refractivity contribution in [2.24, 2.45) is 23.2 Å². The predicted octanol–water partition coefficient (Wildman–Crippen LogP) is 3.80. The van der Waals surface area contributed by atoms with Gasteiger partial charge in [-0.25, -0.2) is 0 Å². The van der Waals surface area contributed by atoms with Gasteiger partial charge in [-0.05, 0) is 74.2 Å². The molecule has 0 atom stereocenters. The summed E-state index contributed by atoms with van der Waals surface area (Å²) in [6, 6.07) is 0. The summed E-state index contributed by atoms with van der Waals surface area (Å²) in [5.41, 5.74) is 1.84. The Bertz CT molecular complexity index is 399. The Balaban J connectivity index is 1.64. The molecule has 19 heavy (non-hydrogen) atoms. The monoisotopic (exact) mass is 259 g/mol. The zero-order valence-electron chi connectivity index (χ0n) is 12.0. The molecule has 0 aromatic heterocycles. The van der Waals surface area contributed by atoms with Crippen LogP contribution < -0.4 is 5.32 Å². The van der Waals surface area contributed by atoms with Crippen molar-refractivity contribution in [2.75, 3.05) is 0 Å². The normalized spacial score (nSPS) is 39.1. The topological polar surface area (TPSA) is 29.1 Å². The van der Waals surface area contributed by atoms with Crippen LogP contribution in [-0.4, -0.2) is 5.91 Å². The highest BCUT2D eigenvalue weighted by molar-refractivity contribution is 5.79. The van der Waals surface area contributed by atoms with E-state index in [1.54, 1.807) is 0 Å². The molecule has 0 aromatic carbocycles. The Morgan fingerprint density at radius 2 is 1.58 bits per heavy atom. The van der Waals surface area contributed by atoms with E-state index in [2.05, 4.69) is 18.5 Å². The Labute approximate surface area is 116 Å². The van der Waals surface area contributed by atoms with E-state index in [9.17, 15) is 4.79 Å². The summed E-state index contributed by atoms with van der Waals surface area (Å²) in [6.45, 7) is 9.56. The summed E-state index contributed by atoms with van der Waals surface area (Å²) in [5.74, 6) is 2.87. The molecule has 0 aromatic rings. The first-order chi connectivity index (χ1) is 8.96. The van der Waals surface area contributed by atoms with Crippen LogP contribution in [0, 0.1) is 23.2 Å². The van der Waals surface area contributed by atoms with E-state index in [0.717, 1.165) is 23.3 Å². The van der Waals surface area contributed by atoms with Gasteiger partial charge in [0.05, 0.1) is 0 Å². The predicted molar refractivity (Wildman–Crippen MR) is 77.3 cm³/mol. The van der Waals surface area contributed by atoms with Crippen molar-refractivity contribution in [3.8, 4) is 0 Å². The lowest BCUT2D eigenvalue weighted by Gasteiger charge is -2.56. The molecule has 4 aliphatic rings. The third-order valence-corrected chi connectivity index (χ3v) is 5.51. The molecule has 1 amide bonds. The maximum Gasteiger partial charge on any atom is 0.224 e. The lowest BCUT2D eigenvalue weighted by Crippen LogP contribution is -2.47. The fraction of sp³-hybridized carbons (Fsp3) is 0.706. The Morgan fingerprint density at radius 3 is 2.00 bits per heavy atom. The molecule has 0 spiro atoms. The van der Waals surface area contributed by atoms with Gasteiger partial charge in [-0.15, -0.1) is 0 Å². The van der Waals surface area contributed by atoms with Crippen LogP contribution in [-0.2, 0) is 4.79 Å². The second kappa shape index (κ2) is 4.50. The van der Waals surface area contributed by atoms with Crippen LogP contribution in [0.3, 0.4) is 0 Å². The van der Waals surface area contributed by atoms with E-state index >= 15 is 0 Å². The summed E-state index contributed by atoms with van der Waals surface area (Å²) in [4.78, 5) is 12.2. The molecule has 1 N–H and O–H groups in total. The summed E-state index contributed by atoms with van der Waals surface area (Å²) in [5, 5.41) is 2.92. The lowest BCUT2D eigenvalue weighted by atomic mass is 9.49. The van der Waals surface area contributed by atoms with E-state index in [0.29, 0.717) is 17.5 Å². The molecular weight excluding hydrogens is 234 g/mol. The van der Waals surface area contributed by atoms with E-state index in [1.807, 2.05) is 6.92 Å². The molecule has 0 radical (unpaired) electrons. The van der Waals surface area contributed by atoms with Crippen molar-refractivity contribution in [3.05, 3.63) is 24.4 Å². The summed E-state index contributed by atoms with van der Waals surface area (Å²) >= 11 is 0. The van der Waals surface area contributed by atoms with Crippen LogP contribution >= 0.6 is 0 Å². The largest absolute Gasteiger partial charge is 0.326 e. The van der Waals surface area contributed by atoms with Crippen LogP contribution in [0.4, 0.5) is 0 Å². The molecule has 4 rings (SSSR count). The van der Waals surface area contributed by atoms with Gasteiger partial charge in [-0.3, -0.25) is 4.79 Å². The minimum atomic E-state index is 0.148. The van der Waals surface area contributed by atoms with Crippen LogP contribution in [0.1, 0.15) is 51.9 Å². The van der Waals surface area contributed by atoms with Crippen LogP contribution in [0.5, 0.6) is 0 Å². The van der Waals surface area contributed by atoms with Gasteiger partial charge in [0.2, 0.25) is 5.91 Å². The van der Waals surface area contributed by atoms with E-state index in [-0.39, 0.29) is 5.91 Å². The van der Waals surface area contributed by atoms with Gasteiger partial charge in [0.25, 0.3) is 0 Å². The molecule has 104 valence electrons. The van der Waals surface area contributed by atoms with Crippen molar-refractivity contribution < 1.29 is 4.79 Å². The highest BCUT2D eigenvalue weighted by Crippen LogP contribution is 2.61. The van der Waals surface area contributed by atoms with Crippen LogP contribution in [0.25, 0.3) is 0 Å². The molecule has 4 bridgehead atoms. The average molecular weight is 259 g/mol. The number of nitrogens with one attached hydrogen (secondary N) is 1. The number of carbonyl (C=O) groups is 1. The number of amides is 1. The first-order valence-corrected chi connectivity index (χ1v) is 7.60. The first kappa shape index (κ1) is 13.0. The second-order valence-corrected chi connectivity index (χ2v) is 7.40. The van der Waals surface area contributed by atoms with E-state index in [1.165, 1.54) is 38.5 Å². The number of hydrogen-bond donors (Lipinski definition) is 1. The molecule has 2 heteroatoms. The molecule has 0 saturated heterocycles. The van der Waals surface area contributed by atoms with Crippen molar-refractivity contribution in [3.63, 3.8) is 0 Å². The van der Waals surface area contributed by atoms with Gasteiger partial charge < -0.3 is 5.32 Å². The standard InChI is InChI=1S/C17H25NO/c1-11(2)12(3)18-16(19)10-17-7-13-4-14(8-17)6-15(5-13)9-17/h13-15H,1,3-10H2,2H3,(H,18,19). The average Bonchev–Trinajstić information content (AvgIpc) is 2.25. The molecule has 0 heterocycles. The van der Waals surface area contributed by atoms with Crippen molar-refractivity contribution in [1.82, 2.24) is 5.32 Å². The highest BCUT2D eigenvalue weighted by Gasteiger charge is 2.51. The summed E-state index contributed by atoms with van der Waals surface area (Å²) in [7, 11) is 0. The molecular formula is C17H25NO. The van der Waals surface area contributed by atoms with Gasteiger partial charge in [-0.1, -0.05) is 13.2 Å². The smallest absolute Gasteiger partial charge is 0.224 e. The van der Waals surface area contributed by atoms with Gasteiger partial charge >= 0.3 is 0 Å². The lowest BCUT2D eigenvalue weighted by molar-refractivity contribution is -0.128. The Morgan fingerprint density at radius 1 is 1.11 bits per heavy atom. The fourth-order valence-electron chi connectivity index (χ4n) is 5.17. The maximum atomic E-state index is 12.2. The van der Waals surface area contributed by atoms with Gasteiger partial charge in [0.1, 0.15) is 0 Å². The third kappa shape index (κ3) is 2.50. The van der Waals surface area contributed by atoms with Gasteiger partial charge in [0, 0.05) is 12.1 Å². The third-order valence-electron chi connectivity index (χ3n) is 5.51. The van der Waals surface area contributed by atoms with Crippen molar-refractivity contribution >= 4 is 5.91 Å². The SMILES string of the molecule is C=C(C)C(=C)NC(=O)CC12CC3CC(CC(C3)C1)C2. The van der Waals surface area contributed by atoms with Crippen molar-refractivity contribution in [1.29, 1.82) is 0 Å². The Hall–Kier alpha value is -1.05. The van der Waals surface area contributed by atoms with E-state index in [4.69, 9.17) is 0 Å². The van der Waals surface area contributed by atoms with Gasteiger partial charge in [-0.2, -0.15) is 0 Å². The highest BCUT2D eigenvalue weighted by atomic mass is 16.1. The number of hydrogen-bond acceptors (Lipinski definition) is 1. The fourth-order valence-corrected chi connectivity index (χ4v) is 5.17. The summed E-state index contributed by atoms with van der Waals surface area (Å²) < 4.78 is 0. The maximum absolute atomic E-state index is 12.2. The second-order valence-electron chi connectivity index (χ2n) is 7.40. The molecule has 0 aliphatic heterocycles. The quantitative estimate of drug-likeness (QED) is 0.764. The minimum Gasteiger partial charge on any atom is -0.326 e. The van der Waals surface area contributed by atoms with Gasteiger partial charge in [0.15, 0.2) is 0 Å². The Kier molecular flexibility index (Phi) is 3.07. The zero-order valence-corrected chi connectivity index (χ0v) is 12.0. The number of rotatable bonds is 4. The summed E-state index contributed by atoms with van der Waals surface area (Å²) in [6.07, 6.45) is 8.84. The van der Waals surface area contributed by atoms with E-state index < -0.39 is 0 Å². The molecule has 4 saturated carbocycles. The van der Waals surface area contributed by atoms with Crippen molar-refractivity contribution in [2.45, 2.75) is 51.9 Å². The number of allylic oxidation sites excluding steroid dienone is 1. The zero-order chi connectivity index (χ0) is 13.6. The molecule has 2 nitrogen and oxygen atoms in total. The minimum absolute atomic E-state index is 0.148.